The Morgan fingerprint density at radius 1 is 1.45 bits per heavy atom. The standard InChI is InChI=1S/C13H16N2O4S/c16-13(17)12-9-20-8-7-14(12)6-5-10-1-3-11(4-2-10)15(18)19/h1-4,12H,5-9H2,(H,16,17). The molecule has 6 nitrogen and oxygen atoms in total. The van der Waals surface area contributed by atoms with Gasteiger partial charge in [-0.15, -0.1) is 0 Å². The Bertz CT molecular complexity index is 492. The maximum atomic E-state index is 11.2. The molecule has 0 bridgehead atoms. The fourth-order valence-electron chi connectivity index (χ4n) is 2.19. The van der Waals surface area contributed by atoms with Crippen molar-refractivity contribution in [2.45, 2.75) is 12.5 Å². The number of nitro benzene ring substituents is 1. The van der Waals surface area contributed by atoms with Gasteiger partial charge in [-0.1, -0.05) is 12.1 Å². The summed E-state index contributed by atoms with van der Waals surface area (Å²) in [6, 6.07) is 6.00. The third-order valence-electron chi connectivity index (χ3n) is 3.36. The fourth-order valence-corrected chi connectivity index (χ4v) is 3.30. The zero-order chi connectivity index (χ0) is 14.5. The lowest BCUT2D eigenvalue weighted by Gasteiger charge is -2.32. The predicted octanol–water partition coefficient (Wildman–Crippen LogP) is 1.64. The lowest BCUT2D eigenvalue weighted by atomic mass is 10.1. The van der Waals surface area contributed by atoms with Gasteiger partial charge < -0.3 is 5.11 Å². The first-order valence-corrected chi connectivity index (χ1v) is 7.51. The van der Waals surface area contributed by atoms with Crippen molar-refractivity contribution in [1.29, 1.82) is 0 Å². The summed E-state index contributed by atoms with van der Waals surface area (Å²) in [4.78, 5) is 23.3. The van der Waals surface area contributed by atoms with Crippen LogP contribution in [0.4, 0.5) is 5.69 Å². The molecular weight excluding hydrogens is 280 g/mol. The van der Waals surface area contributed by atoms with Crippen LogP contribution in [-0.2, 0) is 11.2 Å². The molecule has 1 aliphatic heterocycles. The molecule has 1 aromatic carbocycles. The number of nitrogens with zero attached hydrogens (tertiary/aromatic N) is 2. The monoisotopic (exact) mass is 296 g/mol. The number of nitro groups is 1. The van der Waals surface area contributed by atoms with Crippen LogP contribution in [0.25, 0.3) is 0 Å². The number of carboxylic acid groups (broad SMARTS) is 1. The summed E-state index contributed by atoms with van der Waals surface area (Å²) in [5.74, 6) is 0.792. The largest absolute Gasteiger partial charge is 0.480 e. The first-order valence-electron chi connectivity index (χ1n) is 6.36. The Balaban J connectivity index is 1.93. The van der Waals surface area contributed by atoms with Crippen LogP contribution in [0.3, 0.4) is 0 Å². The molecule has 0 saturated carbocycles. The highest BCUT2D eigenvalue weighted by molar-refractivity contribution is 7.99. The first kappa shape index (κ1) is 14.8. The minimum Gasteiger partial charge on any atom is -0.480 e. The van der Waals surface area contributed by atoms with E-state index in [9.17, 15) is 20.0 Å². The lowest BCUT2D eigenvalue weighted by Crippen LogP contribution is -2.47. The molecule has 2 rings (SSSR count). The second-order valence-electron chi connectivity index (χ2n) is 4.64. The molecule has 7 heteroatoms. The highest BCUT2D eigenvalue weighted by Gasteiger charge is 2.28. The van der Waals surface area contributed by atoms with Gasteiger partial charge in [-0.3, -0.25) is 19.8 Å². The second kappa shape index (κ2) is 6.71. The minimum atomic E-state index is -0.777. The number of non-ortho nitro benzene ring substituents is 1. The van der Waals surface area contributed by atoms with E-state index in [1.54, 1.807) is 23.9 Å². The van der Waals surface area contributed by atoms with Gasteiger partial charge >= 0.3 is 5.97 Å². The summed E-state index contributed by atoms with van der Waals surface area (Å²) in [7, 11) is 0. The Kier molecular flexibility index (Phi) is 4.97. The van der Waals surface area contributed by atoms with Gasteiger partial charge in [-0.25, -0.2) is 0 Å². The van der Waals surface area contributed by atoms with Crippen molar-refractivity contribution < 1.29 is 14.8 Å². The Morgan fingerprint density at radius 2 is 2.15 bits per heavy atom. The Labute approximate surface area is 120 Å². The third kappa shape index (κ3) is 3.71. The van der Waals surface area contributed by atoms with Gasteiger partial charge in [-0.05, 0) is 12.0 Å². The van der Waals surface area contributed by atoms with E-state index < -0.39 is 16.9 Å². The van der Waals surface area contributed by atoms with Gasteiger partial charge in [0, 0.05) is 36.7 Å². The summed E-state index contributed by atoms with van der Waals surface area (Å²) in [6.07, 6.45) is 0.701. The molecule has 108 valence electrons. The van der Waals surface area contributed by atoms with Crippen molar-refractivity contribution in [3.63, 3.8) is 0 Å². The molecule has 1 unspecified atom stereocenters. The number of aliphatic carboxylic acids is 1. The topological polar surface area (TPSA) is 83.7 Å². The maximum absolute atomic E-state index is 11.2. The van der Waals surface area contributed by atoms with E-state index in [-0.39, 0.29) is 5.69 Å². The highest BCUT2D eigenvalue weighted by Crippen LogP contribution is 2.18. The summed E-state index contributed by atoms with van der Waals surface area (Å²) < 4.78 is 0. The molecule has 0 spiro atoms. The van der Waals surface area contributed by atoms with E-state index in [1.807, 2.05) is 4.90 Å². The summed E-state index contributed by atoms with van der Waals surface area (Å²) >= 11 is 1.66. The number of carboxylic acids is 1. The van der Waals surface area contributed by atoms with Crippen molar-refractivity contribution in [3.05, 3.63) is 39.9 Å². The van der Waals surface area contributed by atoms with Crippen LogP contribution in [0.2, 0.25) is 0 Å². The lowest BCUT2D eigenvalue weighted by molar-refractivity contribution is -0.384. The van der Waals surface area contributed by atoms with Crippen molar-refractivity contribution in [2.75, 3.05) is 24.6 Å². The molecule has 0 aromatic heterocycles. The van der Waals surface area contributed by atoms with E-state index in [2.05, 4.69) is 0 Å². The third-order valence-corrected chi connectivity index (χ3v) is 4.38. The number of hydrogen-bond donors (Lipinski definition) is 1. The van der Waals surface area contributed by atoms with E-state index >= 15 is 0 Å². The van der Waals surface area contributed by atoms with Gasteiger partial charge in [0.25, 0.3) is 5.69 Å². The molecule has 1 saturated heterocycles. The maximum Gasteiger partial charge on any atom is 0.321 e. The zero-order valence-electron chi connectivity index (χ0n) is 10.9. The molecule has 1 aromatic rings. The Hall–Kier alpha value is -1.60. The van der Waals surface area contributed by atoms with E-state index in [1.165, 1.54) is 12.1 Å². The van der Waals surface area contributed by atoms with E-state index in [0.717, 1.165) is 17.9 Å². The molecule has 0 radical (unpaired) electrons. The number of rotatable bonds is 5. The quantitative estimate of drug-likeness (QED) is 0.657. The molecule has 1 N–H and O–H groups in total. The van der Waals surface area contributed by atoms with Crippen LogP contribution in [0.15, 0.2) is 24.3 Å². The minimum absolute atomic E-state index is 0.0755. The Morgan fingerprint density at radius 3 is 2.75 bits per heavy atom. The van der Waals surface area contributed by atoms with Crippen LogP contribution in [-0.4, -0.2) is 51.5 Å². The van der Waals surface area contributed by atoms with Gasteiger partial charge in [0.2, 0.25) is 0 Å². The zero-order valence-corrected chi connectivity index (χ0v) is 11.7. The molecule has 20 heavy (non-hydrogen) atoms. The average molecular weight is 296 g/mol. The van der Waals surface area contributed by atoms with Gasteiger partial charge in [-0.2, -0.15) is 11.8 Å². The van der Waals surface area contributed by atoms with Crippen molar-refractivity contribution >= 4 is 23.4 Å². The van der Waals surface area contributed by atoms with Crippen molar-refractivity contribution in [2.24, 2.45) is 0 Å². The van der Waals surface area contributed by atoms with Crippen LogP contribution >= 0.6 is 11.8 Å². The average Bonchev–Trinajstić information content (AvgIpc) is 2.45. The molecule has 1 fully saturated rings. The molecule has 1 atom stereocenters. The SMILES string of the molecule is O=C(O)C1CSCCN1CCc1ccc([N+](=O)[O-])cc1. The van der Waals surface area contributed by atoms with E-state index in [4.69, 9.17) is 0 Å². The smallest absolute Gasteiger partial charge is 0.321 e. The predicted molar refractivity (Wildman–Crippen MR) is 77.1 cm³/mol. The summed E-state index contributed by atoms with van der Waals surface area (Å²) in [6.45, 7) is 1.43. The van der Waals surface area contributed by atoms with Crippen LogP contribution in [0, 0.1) is 10.1 Å². The summed E-state index contributed by atoms with van der Waals surface area (Å²) in [5.41, 5.74) is 1.06. The van der Waals surface area contributed by atoms with Crippen LogP contribution in [0.5, 0.6) is 0 Å². The van der Waals surface area contributed by atoms with Crippen LogP contribution < -0.4 is 0 Å². The molecule has 0 amide bonds. The number of benzene rings is 1. The van der Waals surface area contributed by atoms with Crippen molar-refractivity contribution in [1.82, 2.24) is 4.90 Å². The summed E-state index contributed by atoms with van der Waals surface area (Å²) in [5, 5.41) is 19.7. The van der Waals surface area contributed by atoms with Gasteiger partial charge in [0.1, 0.15) is 6.04 Å². The van der Waals surface area contributed by atoms with Crippen LogP contribution in [0.1, 0.15) is 5.56 Å². The number of thioether (sulfide) groups is 1. The number of hydrogen-bond acceptors (Lipinski definition) is 5. The fraction of sp³-hybridized carbons (Fsp3) is 0.462. The van der Waals surface area contributed by atoms with Gasteiger partial charge in [0.05, 0.1) is 4.92 Å². The van der Waals surface area contributed by atoms with E-state index in [0.29, 0.717) is 18.7 Å². The molecule has 1 aliphatic rings. The second-order valence-corrected chi connectivity index (χ2v) is 5.79. The normalized spacial score (nSPS) is 19.7. The molecular formula is C13H16N2O4S. The van der Waals surface area contributed by atoms with Crippen molar-refractivity contribution in [3.8, 4) is 0 Å². The molecule has 1 heterocycles. The number of carbonyl (C=O) groups is 1. The highest BCUT2D eigenvalue weighted by atomic mass is 32.2. The molecule has 0 aliphatic carbocycles. The van der Waals surface area contributed by atoms with Gasteiger partial charge in [0.15, 0.2) is 0 Å². The first-order chi connectivity index (χ1) is 9.58.